The Balaban J connectivity index is 1.55. The standard InChI is InChI=1S/C20H16ClN3O3/c21-15-8-6-13(7-9-15)17-10-16(27-23-17)12-24-19(11-18(22-24)20(25)26)14-4-2-1-3-5-14/h1-9,11,16H,10,12H2,(H,25,26). The van der Waals surface area contributed by atoms with Crippen LogP contribution < -0.4 is 0 Å². The molecular formula is C20H16ClN3O3. The van der Waals surface area contributed by atoms with Gasteiger partial charge in [-0.1, -0.05) is 59.2 Å². The summed E-state index contributed by atoms with van der Waals surface area (Å²) in [7, 11) is 0. The Morgan fingerprint density at radius 2 is 1.89 bits per heavy atom. The van der Waals surface area contributed by atoms with Crippen LogP contribution in [-0.4, -0.2) is 32.7 Å². The highest BCUT2D eigenvalue weighted by atomic mass is 35.5. The van der Waals surface area contributed by atoms with E-state index in [-0.39, 0.29) is 11.8 Å². The number of oxime groups is 1. The molecule has 0 radical (unpaired) electrons. The number of rotatable bonds is 5. The minimum Gasteiger partial charge on any atom is -0.476 e. The number of aromatic carboxylic acids is 1. The summed E-state index contributed by atoms with van der Waals surface area (Å²) in [5.41, 5.74) is 3.43. The summed E-state index contributed by atoms with van der Waals surface area (Å²) < 4.78 is 1.67. The number of hydrogen-bond donors (Lipinski definition) is 1. The Bertz CT molecular complexity index is 997. The predicted molar refractivity (Wildman–Crippen MR) is 102 cm³/mol. The highest BCUT2D eigenvalue weighted by molar-refractivity contribution is 6.30. The molecule has 136 valence electrons. The number of aromatic nitrogens is 2. The van der Waals surface area contributed by atoms with E-state index in [4.69, 9.17) is 16.4 Å². The predicted octanol–water partition coefficient (Wildman–Crippen LogP) is 4.09. The monoisotopic (exact) mass is 381 g/mol. The number of carboxylic acids is 1. The van der Waals surface area contributed by atoms with Gasteiger partial charge in [0.15, 0.2) is 11.8 Å². The highest BCUT2D eigenvalue weighted by Crippen LogP contribution is 2.24. The van der Waals surface area contributed by atoms with Crippen molar-refractivity contribution in [3.05, 3.63) is 76.9 Å². The fraction of sp³-hybridized carbons (Fsp3) is 0.150. The first-order chi connectivity index (χ1) is 13.1. The molecule has 2 heterocycles. The lowest BCUT2D eigenvalue weighted by molar-refractivity contribution is 0.0663. The maximum Gasteiger partial charge on any atom is 0.356 e. The summed E-state index contributed by atoms with van der Waals surface area (Å²) in [6.07, 6.45) is 0.387. The van der Waals surface area contributed by atoms with Gasteiger partial charge in [0.1, 0.15) is 0 Å². The van der Waals surface area contributed by atoms with Crippen LogP contribution in [0.25, 0.3) is 11.3 Å². The van der Waals surface area contributed by atoms with Crippen LogP contribution in [0.2, 0.25) is 5.02 Å². The molecule has 7 heteroatoms. The average molecular weight is 382 g/mol. The summed E-state index contributed by atoms with van der Waals surface area (Å²) in [5.74, 6) is -1.06. The second-order valence-electron chi connectivity index (χ2n) is 6.24. The van der Waals surface area contributed by atoms with E-state index in [9.17, 15) is 9.90 Å². The number of carboxylic acid groups (broad SMARTS) is 1. The molecule has 0 saturated heterocycles. The van der Waals surface area contributed by atoms with E-state index in [2.05, 4.69) is 10.3 Å². The Morgan fingerprint density at radius 1 is 1.15 bits per heavy atom. The average Bonchev–Trinajstić information content (AvgIpc) is 3.31. The van der Waals surface area contributed by atoms with Gasteiger partial charge in [-0.05, 0) is 29.3 Å². The fourth-order valence-corrected chi connectivity index (χ4v) is 3.16. The summed E-state index contributed by atoms with van der Waals surface area (Å²) in [4.78, 5) is 16.9. The molecular weight excluding hydrogens is 366 g/mol. The molecule has 0 bridgehead atoms. The van der Waals surface area contributed by atoms with E-state index >= 15 is 0 Å². The molecule has 1 N–H and O–H groups in total. The van der Waals surface area contributed by atoms with Crippen molar-refractivity contribution in [1.29, 1.82) is 0 Å². The van der Waals surface area contributed by atoms with Crippen molar-refractivity contribution in [3.8, 4) is 11.3 Å². The molecule has 0 saturated carbocycles. The van der Waals surface area contributed by atoms with Gasteiger partial charge in [0.2, 0.25) is 0 Å². The number of hydrogen-bond acceptors (Lipinski definition) is 4. The van der Waals surface area contributed by atoms with Crippen LogP contribution in [-0.2, 0) is 11.4 Å². The van der Waals surface area contributed by atoms with Gasteiger partial charge < -0.3 is 9.94 Å². The SMILES string of the molecule is O=C(O)c1cc(-c2ccccc2)n(CC2CC(c3ccc(Cl)cc3)=NO2)n1. The molecule has 0 aliphatic carbocycles. The lowest BCUT2D eigenvalue weighted by Crippen LogP contribution is -2.19. The third-order valence-electron chi connectivity index (χ3n) is 4.36. The molecule has 27 heavy (non-hydrogen) atoms. The van der Waals surface area contributed by atoms with E-state index < -0.39 is 5.97 Å². The maximum atomic E-state index is 11.4. The zero-order chi connectivity index (χ0) is 18.8. The highest BCUT2D eigenvalue weighted by Gasteiger charge is 2.25. The van der Waals surface area contributed by atoms with Crippen LogP contribution in [0.15, 0.2) is 65.8 Å². The lowest BCUT2D eigenvalue weighted by Gasteiger charge is -2.11. The quantitative estimate of drug-likeness (QED) is 0.722. The van der Waals surface area contributed by atoms with Crippen LogP contribution in [0.3, 0.4) is 0 Å². The van der Waals surface area contributed by atoms with Gasteiger partial charge in [-0.15, -0.1) is 0 Å². The molecule has 4 rings (SSSR count). The lowest BCUT2D eigenvalue weighted by atomic mass is 10.1. The van der Waals surface area contributed by atoms with Crippen molar-refractivity contribution in [2.75, 3.05) is 0 Å². The Morgan fingerprint density at radius 3 is 2.59 bits per heavy atom. The van der Waals surface area contributed by atoms with Crippen molar-refractivity contribution >= 4 is 23.3 Å². The van der Waals surface area contributed by atoms with E-state index in [0.717, 1.165) is 22.5 Å². The molecule has 6 nitrogen and oxygen atoms in total. The first kappa shape index (κ1) is 17.3. The smallest absolute Gasteiger partial charge is 0.356 e. The Hall–Kier alpha value is -3.12. The zero-order valence-electron chi connectivity index (χ0n) is 14.2. The number of halogens is 1. The molecule has 1 aliphatic rings. The summed E-state index contributed by atoms with van der Waals surface area (Å²) in [6.45, 7) is 0.401. The van der Waals surface area contributed by atoms with Crippen LogP contribution in [0.5, 0.6) is 0 Å². The minimum atomic E-state index is -1.06. The second-order valence-corrected chi connectivity index (χ2v) is 6.68. The molecule has 1 unspecified atom stereocenters. The zero-order valence-corrected chi connectivity index (χ0v) is 15.0. The Kier molecular flexibility index (Phi) is 4.64. The van der Waals surface area contributed by atoms with Gasteiger partial charge >= 0.3 is 5.97 Å². The van der Waals surface area contributed by atoms with Crippen LogP contribution in [0, 0.1) is 0 Å². The molecule has 1 aromatic heterocycles. The summed E-state index contributed by atoms with van der Waals surface area (Å²) in [5, 5.41) is 18.4. The topological polar surface area (TPSA) is 76.7 Å². The Labute approximate surface area is 160 Å². The van der Waals surface area contributed by atoms with Crippen LogP contribution in [0.4, 0.5) is 0 Å². The molecule has 3 aromatic rings. The number of carbonyl (C=O) groups is 1. The molecule has 2 aromatic carbocycles. The van der Waals surface area contributed by atoms with Gasteiger partial charge in [0, 0.05) is 11.4 Å². The van der Waals surface area contributed by atoms with Crippen molar-refractivity contribution in [2.24, 2.45) is 5.16 Å². The third kappa shape index (κ3) is 3.71. The van der Waals surface area contributed by atoms with Gasteiger partial charge in [0.05, 0.1) is 18.0 Å². The fourth-order valence-electron chi connectivity index (χ4n) is 3.03. The molecule has 0 spiro atoms. The minimum absolute atomic E-state index is 0.00527. The van der Waals surface area contributed by atoms with Gasteiger partial charge in [-0.3, -0.25) is 4.68 Å². The summed E-state index contributed by atoms with van der Waals surface area (Å²) >= 11 is 5.93. The molecule has 0 fully saturated rings. The largest absolute Gasteiger partial charge is 0.476 e. The first-order valence-electron chi connectivity index (χ1n) is 8.45. The normalized spacial score (nSPS) is 16.0. The van der Waals surface area contributed by atoms with Crippen molar-refractivity contribution in [2.45, 2.75) is 19.1 Å². The van der Waals surface area contributed by atoms with Crippen LogP contribution in [0.1, 0.15) is 22.5 Å². The summed E-state index contributed by atoms with van der Waals surface area (Å²) in [6, 6.07) is 18.6. The van der Waals surface area contributed by atoms with E-state index in [1.807, 2.05) is 54.6 Å². The molecule has 0 amide bonds. The van der Waals surface area contributed by atoms with Crippen LogP contribution >= 0.6 is 11.6 Å². The first-order valence-corrected chi connectivity index (χ1v) is 8.83. The molecule has 1 atom stereocenters. The van der Waals surface area contributed by atoms with Crippen molar-refractivity contribution in [3.63, 3.8) is 0 Å². The number of benzene rings is 2. The van der Waals surface area contributed by atoms with E-state index in [0.29, 0.717) is 18.0 Å². The van der Waals surface area contributed by atoms with Gasteiger partial charge in [-0.25, -0.2) is 4.79 Å². The van der Waals surface area contributed by atoms with Gasteiger partial charge in [-0.2, -0.15) is 5.10 Å². The van der Waals surface area contributed by atoms with Crippen molar-refractivity contribution in [1.82, 2.24) is 9.78 Å². The van der Waals surface area contributed by atoms with Crippen molar-refractivity contribution < 1.29 is 14.7 Å². The van der Waals surface area contributed by atoms with E-state index in [1.165, 1.54) is 0 Å². The third-order valence-corrected chi connectivity index (χ3v) is 4.61. The maximum absolute atomic E-state index is 11.4. The van der Waals surface area contributed by atoms with Gasteiger partial charge in [0.25, 0.3) is 0 Å². The number of nitrogens with zero attached hydrogens (tertiary/aromatic N) is 3. The van der Waals surface area contributed by atoms with E-state index in [1.54, 1.807) is 10.7 Å². The molecule has 1 aliphatic heterocycles. The second kappa shape index (κ2) is 7.25.